The average Bonchev–Trinajstić information content (AvgIpc) is 2.51. The van der Waals surface area contributed by atoms with Crippen LogP contribution in [0, 0.1) is 6.92 Å². The van der Waals surface area contributed by atoms with Crippen LogP contribution in [0.5, 0.6) is 0 Å². The smallest absolute Gasteiger partial charge is 0.261 e. The number of para-hydroxylation sites is 1. The molecule has 0 atom stereocenters. The summed E-state index contributed by atoms with van der Waals surface area (Å²) >= 11 is 0. The lowest BCUT2D eigenvalue weighted by Crippen LogP contribution is -2.21. The fourth-order valence-corrected chi connectivity index (χ4v) is 2.40. The van der Waals surface area contributed by atoms with Crippen LogP contribution in [0.1, 0.15) is 16.7 Å². The van der Waals surface area contributed by atoms with Gasteiger partial charge in [-0.05, 0) is 29.7 Å². The summed E-state index contributed by atoms with van der Waals surface area (Å²) in [6, 6.07) is 13.2. The lowest BCUT2D eigenvalue weighted by Gasteiger charge is -2.08. The van der Waals surface area contributed by atoms with Gasteiger partial charge in [0.05, 0.1) is 30.4 Å². The van der Waals surface area contributed by atoms with Gasteiger partial charge >= 0.3 is 0 Å². The number of hydrogen-bond donors (Lipinski definition) is 1. The molecule has 1 heterocycles. The minimum atomic E-state index is -0.0325. The molecule has 106 valence electrons. The van der Waals surface area contributed by atoms with Crippen molar-refractivity contribution in [1.29, 1.82) is 0 Å². The van der Waals surface area contributed by atoms with Gasteiger partial charge in [-0.3, -0.25) is 9.36 Å². The number of aliphatic hydroxyl groups excluding tert-OH is 1. The fraction of sp³-hybridized carbons (Fsp3) is 0.176. The first-order chi connectivity index (χ1) is 10.2. The molecule has 0 aliphatic heterocycles. The molecule has 0 amide bonds. The van der Waals surface area contributed by atoms with E-state index in [-0.39, 0.29) is 12.2 Å². The molecule has 0 radical (unpaired) electrons. The lowest BCUT2D eigenvalue weighted by molar-refractivity contribution is 0.282. The van der Waals surface area contributed by atoms with Crippen LogP contribution in [0.15, 0.2) is 53.6 Å². The first-order valence-corrected chi connectivity index (χ1v) is 6.82. The molecule has 0 spiro atoms. The maximum Gasteiger partial charge on any atom is 0.261 e. The molecule has 0 aliphatic rings. The van der Waals surface area contributed by atoms with Crippen LogP contribution in [0.4, 0.5) is 0 Å². The summed E-state index contributed by atoms with van der Waals surface area (Å²) in [5.74, 6) is 0. The summed E-state index contributed by atoms with van der Waals surface area (Å²) in [5.41, 5.74) is 3.59. The minimum absolute atomic E-state index is 0.0248. The van der Waals surface area contributed by atoms with Gasteiger partial charge in [0.25, 0.3) is 5.56 Å². The Morgan fingerprint density at radius 1 is 1.10 bits per heavy atom. The molecule has 1 aromatic heterocycles. The third kappa shape index (κ3) is 2.58. The Bertz CT molecular complexity index is 836. The van der Waals surface area contributed by atoms with Crippen LogP contribution < -0.4 is 5.56 Å². The zero-order valence-electron chi connectivity index (χ0n) is 11.8. The fourth-order valence-electron chi connectivity index (χ4n) is 2.40. The van der Waals surface area contributed by atoms with E-state index in [2.05, 4.69) is 4.98 Å². The summed E-state index contributed by atoms with van der Waals surface area (Å²) in [6.45, 7) is 2.45. The summed E-state index contributed by atoms with van der Waals surface area (Å²) in [5, 5.41) is 9.68. The average molecular weight is 280 g/mol. The van der Waals surface area contributed by atoms with Crippen LogP contribution in [0.3, 0.4) is 0 Å². The van der Waals surface area contributed by atoms with E-state index in [9.17, 15) is 4.79 Å². The SMILES string of the molecule is Cc1cccc2c(=O)n(Cc3ccc(CO)cc3)cnc12. The summed E-state index contributed by atoms with van der Waals surface area (Å²) < 4.78 is 1.61. The van der Waals surface area contributed by atoms with Gasteiger partial charge in [0.1, 0.15) is 0 Å². The van der Waals surface area contributed by atoms with Gasteiger partial charge in [-0.25, -0.2) is 4.98 Å². The van der Waals surface area contributed by atoms with Gasteiger partial charge in [-0.1, -0.05) is 36.4 Å². The highest BCUT2D eigenvalue weighted by Crippen LogP contribution is 2.12. The van der Waals surface area contributed by atoms with Crippen molar-refractivity contribution in [1.82, 2.24) is 9.55 Å². The first kappa shape index (κ1) is 13.5. The number of rotatable bonds is 3. The number of aliphatic hydroxyl groups is 1. The number of hydrogen-bond acceptors (Lipinski definition) is 3. The molecule has 0 bridgehead atoms. The molecule has 0 fully saturated rings. The van der Waals surface area contributed by atoms with Crippen molar-refractivity contribution in [2.24, 2.45) is 0 Å². The van der Waals surface area contributed by atoms with Crippen LogP contribution in [0.25, 0.3) is 10.9 Å². The molecule has 0 saturated heterocycles. The van der Waals surface area contributed by atoms with E-state index < -0.39 is 0 Å². The second kappa shape index (κ2) is 5.50. The van der Waals surface area contributed by atoms with Gasteiger partial charge in [-0.15, -0.1) is 0 Å². The van der Waals surface area contributed by atoms with Crippen molar-refractivity contribution in [2.45, 2.75) is 20.1 Å². The number of aryl methyl sites for hydroxylation is 1. The lowest BCUT2D eigenvalue weighted by atomic mass is 10.1. The molecule has 1 N–H and O–H groups in total. The quantitative estimate of drug-likeness (QED) is 0.800. The van der Waals surface area contributed by atoms with Crippen molar-refractivity contribution in [2.75, 3.05) is 0 Å². The molecule has 21 heavy (non-hydrogen) atoms. The Morgan fingerprint density at radius 2 is 1.81 bits per heavy atom. The van der Waals surface area contributed by atoms with E-state index >= 15 is 0 Å². The normalized spacial score (nSPS) is 11.0. The molecule has 2 aromatic carbocycles. The highest BCUT2D eigenvalue weighted by Gasteiger charge is 2.06. The third-order valence-electron chi connectivity index (χ3n) is 3.61. The monoisotopic (exact) mass is 280 g/mol. The topological polar surface area (TPSA) is 55.1 Å². The Kier molecular flexibility index (Phi) is 3.54. The molecule has 3 rings (SSSR count). The maximum atomic E-state index is 12.5. The molecule has 0 saturated carbocycles. The predicted molar refractivity (Wildman–Crippen MR) is 82.2 cm³/mol. The van der Waals surface area contributed by atoms with E-state index in [1.807, 2.05) is 49.4 Å². The number of aromatic nitrogens is 2. The van der Waals surface area contributed by atoms with Crippen molar-refractivity contribution >= 4 is 10.9 Å². The maximum absolute atomic E-state index is 12.5. The van der Waals surface area contributed by atoms with Gasteiger partial charge in [0.15, 0.2) is 0 Å². The molecule has 4 nitrogen and oxygen atoms in total. The standard InChI is InChI=1S/C17H16N2O2/c1-12-3-2-4-15-16(12)18-11-19(17(15)21)9-13-5-7-14(10-20)8-6-13/h2-8,11,20H,9-10H2,1H3. The number of fused-ring (bicyclic) bond motifs is 1. The van der Waals surface area contributed by atoms with E-state index in [1.165, 1.54) is 0 Å². The summed E-state index contributed by atoms with van der Waals surface area (Å²) in [6.07, 6.45) is 1.59. The number of benzene rings is 2. The Balaban J connectivity index is 2.01. The van der Waals surface area contributed by atoms with Crippen molar-refractivity contribution < 1.29 is 5.11 Å². The Morgan fingerprint density at radius 3 is 2.52 bits per heavy atom. The van der Waals surface area contributed by atoms with E-state index in [4.69, 9.17) is 5.11 Å². The second-order valence-corrected chi connectivity index (χ2v) is 5.12. The van der Waals surface area contributed by atoms with Crippen molar-refractivity contribution in [3.8, 4) is 0 Å². The van der Waals surface area contributed by atoms with Crippen LogP contribution in [-0.4, -0.2) is 14.7 Å². The zero-order valence-corrected chi connectivity index (χ0v) is 11.8. The van der Waals surface area contributed by atoms with Crippen LogP contribution in [-0.2, 0) is 13.2 Å². The van der Waals surface area contributed by atoms with Gasteiger partial charge in [0.2, 0.25) is 0 Å². The highest BCUT2D eigenvalue weighted by atomic mass is 16.3. The van der Waals surface area contributed by atoms with E-state index in [1.54, 1.807) is 10.9 Å². The minimum Gasteiger partial charge on any atom is -0.392 e. The highest BCUT2D eigenvalue weighted by molar-refractivity contribution is 5.80. The second-order valence-electron chi connectivity index (χ2n) is 5.12. The molecule has 0 aliphatic carbocycles. The van der Waals surface area contributed by atoms with Crippen LogP contribution >= 0.6 is 0 Å². The van der Waals surface area contributed by atoms with Gasteiger partial charge in [0, 0.05) is 0 Å². The van der Waals surface area contributed by atoms with Crippen LogP contribution in [0.2, 0.25) is 0 Å². The third-order valence-corrected chi connectivity index (χ3v) is 3.61. The van der Waals surface area contributed by atoms with Gasteiger partial charge < -0.3 is 5.11 Å². The first-order valence-electron chi connectivity index (χ1n) is 6.82. The summed E-state index contributed by atoms with van der Waals surface area (Å²) in [7, 11) is 0. The molecular formula is C17H16N2O2. The Labute approximate surface area is 122 Å². The largest absolute Gasteiger partial charge is 0.392 e. The molecule has 3 aromatic rings. The Hall–Kier alpha value is -2.46. The van der Waals surface area contributed by atoms with E-state index in [0.29, 0.717) is 11.9 Å². The van der Waals surface area contributed by atoms with E-state index in [0.717, 1.165) is 22.2 Å². The summed E-state index contributed by atoms with van der Waals surface area (Å²) in [4.78, 5) is 16.9. The van der Waals surface area contributed by atoms with Crippen molar-refractivity contribution in [3.63, 3.8) is 0 Å². The van der Waals surface area contributed by atoms with Crippen molar-refractivity contribution in [3.05, 3.63) is 75.8 Å². The van der Waals surface area contributed by atoms with Gasteiger partial charge in [-0.2, -0.15) is 0 Å². The predicted octanol–water partition coefficient (Wildman–Crippen LogP) is 2.25. The molecule has 4 heteroatoms. The molecule has 0 unspecified atom stereocenters. The molecular weight excluding hydrogens is 264 g/mol. The number of nitrogens with zero attached hydrogens (tertiary/aromatic N) is 2. The zero-order chi connectivity index (χ0) is 14.8.